The van der Waals surface area contributed by atoms with Gasteiger partial charge in [-0.2, -0.15) is 4.37 Å². The molecule has 0 aromatic carbocycles. The molecule has 2 N–H and O–H groups in total. The fourth-order valence-corrected chi connectivity index (χ4v) is 1.56. The molecule has 7 nitrogen and oxygen atoms in total. The zero-order valence-electron chi connectivity index (χ0n) is 9.01. The molecule has 90 valence electrons. The van der Waals surface area contributed by atoms with Gasteiger partial charge in [-0.25, -0.2) is 9.78 Å². The Balaban J connectivity index is 2.65. The maximum absolute atomic E-state index is 11.6. The highest BCUT2D eigenvalue weighted by atomic mass is 32.1. The molecule has 1 heterocycles. The molecule has 0 unspecified atom stereocenters. The average Bonchev–Trinajstić information content (AvgIpc) is 2.62. The fraction of sp³-hybridized carbons (Fsp3) is 0.333. The molecule has 2 amide bonds. The van der Waals surface area contributed by atoms with Crippen LogP contribution in [0.15, 0.2) is 0 Å². The Labute approximate surface area is 102 Å². The number of hydrogen-bond donors (Lipinski definition) is 2. The summed E-state index contributed by atoms with van der Waals surface area (Å²) >= 11 is 1.01. The molecular weight excluding hydrogens is 244 g/mol. The van der Waals surface area contributed by atoms with Crippen molar-refractivity contribution in [3.8, 4) is 12.3 Å². The van der Waals surface area contributed by atoms with Gasteiger partial charge >= 0.3 is 12.0 Å². The number of carbonyl (C=O) groups is 2. The number of hydrogen-bond acceptors (Lipinski definition) is 5. The van der Waals surface area contributed by atoms with Gasteiger partial charge < -0.3 is 10.0 Å². The molecule has 0 spiro atoms. The topological polar surface area (TPSA) is 95.4 Å². The van der Waals surface area contributed by atoms with E-state index in [9.17, 15) is 9.59 Å². The van der Waals surface area contributed by atoms with Crippen molar-refractivity contribution in [2.45, 2.75) is 6.92 Å². The van der Waals surface area contributed by atoms with Gasteiger partial charge in [-0.15, -0.1) is 6.42 Å². The summed E-state index contributed by atoms with van der Waals surface area (Å²) in [7, 11) is 0. The third-order valence-corrected chi connectivity index (χ3v) is 2.36. The van der Waals surface area contributed by atoms with E-state index in [0.717, 1.165) is 16.4 Å². The molecule has 0 radical (unpaired) electrons. The molecule has 0 aliphatic rings. The molecule has 0 saturated carbocycles. The van der Waals surface area contributed by atoms with E-state index in [1.807, 2.05) is 0 Å². The Morgan fingerprint density at radius 3 is 2.82 bits per heavy atom. The van der Waals surface area contributed by atoms with Gasteiger partial charge in [-0.3, -0.25) is 10.1 Å². The number of anilines is 1. The summed E-state index contributed by atoms with van der Waals surface area (Å²) in [6.45, 7) is 1.13. The molecular formula is C9H10N4O3S. The van der Waals surface area contributed by atoms with Crippen LogP contribution in [-0.4, -0.2) is 44.5 Å². The number of carboxylic acid groups (broad SMARTS) is 1. The van der Waals surface area contributed by atoms with Crippen LogP contribution in [0.4, 0.5) is 9.93 Å². The van der Waals surface area contributed by atoms with E-state index >= 15 is 0 Å². The van der Waals surface area contributed by atoms with E-state index in [1.165, 1.54) is 0 Å². The van der Waals surface area contributed by atoms with Crippen LogP contribution >= 0.6 is 11.5 Å². The summed E-state index contributed by atoms with van der Waals surface area (Å²) in [5.74, 6) is 1.61. The van der Waals surface area contributed by atoms with Crippen molar-refractivity contribution < 1.29 is 14.7 Å². The van der Waals surface area contributed by atoms with Crippen LogP contribution in [0, 0.1) is 19.3 Å². The van der Waals surface area contributed by atoms with E-state index in [-0.39, 0.29) is 6.54 Å². The van der Waals surface area contributed by atoms with Crippen molar-refractivity contribution >= 4 is 28.7 Å². The summed E-state index contributed by atoms with van der Waals surface area (Å²) in [6.07, 6.45) is 5.05. The molecule has 1 aromatic rings. The number of aromatic nitrogens is 2. The lowest BCUT2D eigenvalue weighted by molar-refractivity contribution is -0.137. The van der Waals surface area contributed by atoms with Gasteiger partial charge in [-0.1, -0.05) is 5.92 Å². The Morgan fingerprint density at radius 1 is 1.65 bits per heavy atom. The number of rotatable bonds is 4. The molecule has 17 heavy (non-hydrogen) atoms. The molecule has 0 fully saturated rings. The summed E-state index contributed by atoms with van der Waals surface area (Å²) in [5.41, 5.74) is 0. The quantitative estimate of drug-likeness (QED) is 0.758. The van der Waals surface area contributed by atoms with Crippen LogP contribution in [0.2, 0.25) is 0 Å². The van der Waals surface area contributed by atoms with Crippen molar-refractivity contribution in [3.05, 3.63) is 5.82 Å². The third-order valence-electron chi connectivity index (χ3n) is 1.64. The van der Waals surface area contributed by atoms with Gasteiger partial charge in [0.1, 0.15) is 12.4 Å². The van der Waals surface area contributed by atoms with Crippen molar-refractivity contribution in [1.29, 1.82) is 0 Å². The molecule has 0 saturated heterocycles. The second-order valence-electron chi connectivity index (χ2n) is 3.03. The van der Waals surface area contributed by atoms with E-state index in [1.54, 1.807) is 6.92 Å². The molecule has 1 aromatic heterocycles. The van der Waals surface area contributed by atoms with Crippen molar-refractivity contribution in [1.82, 2.24) is 14.3 Å². The van der Waals surface area contributed by atoms with Crippen molar-refractivity contribution in [3.63, 3.8) is 0 Å². The van der Waals surface area contributed by atoms with Gasteiger partial charge in [0.25, 0.3) is 0 Å². The zero-order valence-corrected chi connectivity index (χ0v) is 9.82. The Morgan fingerprint density at radius 2 is 2.35 bits per heavy atom. The lowest BCUT2D eigenvalue weighted by atomic mass is 10.5. The number of urea groups is 1. The van der Waals surface area contributed by atoms with Crippen LogP contribution in [0.5, 0.6) is 0 Å². The number of aliphatic carboxylic acids is 1. The van der Waals surface area contributed by atoms with Gasteiger partial charge in [0.15, 0.2) is 0 Å². The number of nitrogens with one attached hydrogen (secondary N) is 1. The zero-order chi connectivity index (χ0) is 12.8. The maximum atomic E-state index is 11.6. The first-order valence-electron chi connectivity index (χ1n) is 4.54. The second kappa shape index (κ2) is 5.81. The predicted molar refractivity (Wildman–Crippen MR) is 61.7 cm³/mol. The molecule has 8 heteroatoms. The van der Waals surface area contributed by atoms with Gasteiger partial charge in [0.05, 0.1) is 6.54 Å². The Bertz CT molecular complexity index is 465. The largest absolute Gasteiger partial charge is 0.480 e. The number of amides is 2. The first-order chi connectivity index (χ1) is 8.02. The van der Waals surface area contributed by atoms with Gasteiger partial charge in [0.2, 0.25) is 5.13 Å². The number of carbonyl (C=O) groups excluding carboxylic acids is 1. The molecule has 0 aliphatic carbocycles. The standard InChI is InChI=1S/C9H10N4O3S/c1-3-4-13(5-7(14)15)9(16)11-8-10-6(2)12-17-8/h1H,4-5H2,2H3,(H,14,15)(H,10,11,12,16). The highest BCUT2D eigenvalue weighted by Crippen LogP contribution is 2.10. The SMILES string of the molecule is C#CCN(CC(=O)O)C(=O)Nc1nc(C)ns1. The predicted octanol–water partition coefficient (Wildman–Crippen LogP) is 0.398. The van der Waals surface area contributed by atoms with Crippen LogP contribution in [0.25, 0.3) is 0 Å². The van der Waals surface area contributed by atoms with Gasteiger partial charge in [0, 0.05) is 11.5 Å². The molecule has 0 atom stereocenters. The normalized spacial score (nSPS) is 9.41. The number of terminal acetylenes is 1. The maximum Gasteiger partial charge on any atom is 0.325 e. The highest BCUT2D eigenvalue weighted by Gasteiger charge is 2.17. The summed E-state index contributed by atoms with van der Waals surface area (Å²) in [5, 5.41) is 11.3. The first kappa shape index (κ1) is 12.9. The average molecular weight is 254 g/mol. The van der Waals surface area contributed by atoms with E-state index in [2.05, 4.69) is 20.6 Å². The van der Waals surface area contributed by atoms with Crippen LogP contribution < -0.4 is 5.32 Å². The summed E-state index contributed by atoms with van der Waals surface area (Å²) < 4.78 is 3.88. The van der Waals surface area contributed by atoms with Gasteiger partial charge in [-0.05, 0) is 6.92 Å². The summed E-state index contributed by atoms with van der Waals surface area (Å²) in [4.78, 5) is 27.1. The van der Waals surface area contributed by atoms with Crippen molar-refractivity contribution in [2.75, 3.05) is 18.4 Å². The first-order valence-corrected chi connectivity index (χ1v) is 5.31. The van der Waals surface area contributed by atoms with Crippen LogP contribution in [-0.2, 0) is 4.79 Å². The Kier molecular flexibility index (Phi) is 4.42. The fourth-order valence-electron chi connectivity index (χ4n) is 0.991. The number of carboxylic acids is 1. The van der Waals surface area contributed by atoms with Crippen LogP contribution in [0.3, 0.4) is 0 Å². The van der Waals surface area contributed by atoms with Crippen molar-refractivity contribution in [2.24, 2.45) is 0 Å². The minimum atomic E-state index is -1.14. The monoisotopic (exact) mass is 254 g/mol. The number of nitrogens with zero attached hydrogens (tertiary/aromatic N) is 3. The smallest absolute Gasteiger partial charge is 0.325 e. The second-order valence-corrected chi connectivity index (χ2v) is 3.78. The minimum Gasteiger partial charge on any atom is -0.480 e. The molecule has 1 rings (SSSR count). The third kappa shape index (κ3) is 4.08. The Hall–Kier alpha value is -2.14. The molecule has 0 aliphatic heterocycles. The lowest BCUT2D eigenvalue weighted by Gasteiger charge is -2.17. The minimum absolute atomic E-state index is 0.0874. The number of aryl methyl sites for hydroxylation is 1. The highest BCUT2D eigenvalue weighted by molar-refractivity contribution is 7.09. The molecule has 0 bridgehead atoms. The summed E-state index contributed by atoms with van der Waals surface area (Å²) in [6, 6.07) is -0.610. The van der Waals surface area contributed by atoms with E-state index in [4.69, 9.17) is 11.5 Å². The lowest BCUT2D eigenvalue weighted by Crippen LogP contribution is -2.39. The van der Waals surface area contributed by atoms with E-state index < -0.39 is 18.5 Å². The van der Waals surface area contributed by atoms with Crippen LogP contribution in [0.1, 0.15) is 5.82 Å². The van der Waals surface area contributed by atoms with E-state index in [0.29, 0.717) is 11.0 Å².